The second-order valence-electron chi connectivity index (χ2n) is 6.07. The minimum absolute atomic E-state index is 0.157. The molecule has 0 fully saturated rings. The molecule has 0 unspecified atom stereocenters. The molecule has 1 N–H and O–H groups in total. The molecular formula is C17H14N2O6. The van der Waals surface area contributed by atoms with Crippen LogP contribution in [-0.2, 0) is 0 Å². The summed E-state index contributed by atoms with van der Waals surface area (Å²) in [4.78, 5) is 34.3. The number of hydrogen-bond acceptors (Lipinski definition) is 5. The zero-order valence-electron chi connectivity index (χ0n) is 13.4. The molecule has 128 valence electrons. The summed E-state index contributed by atoms with van der Waals surface area (Å²) in [5, 5.41) is 20.2. The van der Waals surface area contributed by atoms with Crippen molar-refractivity contribution in [1.29, 1.82) is 0 Å². The summed E-state index contributed by atoms with van der Waals surface area (Å²) < 4.78 is 6.96. The fourth-order valence-electron chi connectivity index (χ4n) is 2.69. The molecule has 1 aliphatic heterocycles. The largest absolute Gasteiger partial charge is 0.483 e. The molecule has 8 nitrogen and oxygen atoms in total. The third-order valence-electron chi connectivity index (χ3n) is 3.74. The predicted octanol–water partition coefficient (Wildman–Crippen LogP) is 2.51. The zero-order valence-corrected chi connectivity index (χ0v) is 13.4. The molecule has 0 saturated carbocycles. The monoisotopic (exact) mass is 342 g/mol. The predicted molar refractivity (Wildman–Crippen MR) is 88.8 cm³/mol. The Morgan fingerprint density at radius 3 is 2.68 bits per heavy atom. The smallest absolute Gasteiger partial charge is 0.341 e. The van der Waals surface area contributed by atoms with Gasteiger partial charge in [0.05, 0.1) is 10.6 Å². The number of carboxylic acid groups (broad SMARTS) is 1. The van der Waals surface area contributed by atoms with E-state index >= 15 is 0 Å². The van der Waals surface area contributed by atoms with Crippen LogP contribution in [0.25, 0.3) is 5.70 Å². The maximum Gasteiger partial charge on any atom is 0.341 e. The maximum atomic E-state index is 12.5. The summed E-state index contributed by atoms with van der Waals surface area (Å²) in [7, 11) is 0. The van der Waals surface area contributed by atoms with Gasteiger partial charge in [-0.3, -0.25) is 19.5 Å². The topological polar surface area (TPSA) is 112 Å². The minimum atomic E-state index is -1.34. The van der Waals surface area contributed by atoms with Gasteiger partial charge in [0, 0.05) is 23.9 Å². The van der Waals surface area contributed by atoms with Crippen LogP contribution < -0.4 is 10.3 Å². The van der Waals surface area contributed by atoms with E-state index in [0.717, 1.165) is 4.57 Å². The van der Waals surface area contributed by atoms with Crippen molar-refractivity contribution in [3.8, 4) is 5.75 Å². The van der Waals surface area contributed by atoms with Crippen LogP contribution in [0, 0.1) is 10.1 Å². The van der Waals surface area contributed by atoms with Crippen LogP contribution in [0.2, 0.25) is 0 Å². The van der Waals surface area contributed by atoms with Crippen molar-refractivity contribution in [2.45, 2.75) is 19.4 Å². The molecule has 2 aromatic rings. The molecule has 1 aromatic heterocycles. The van der Waals surface area contributed by atoms with Crippen LogP contribution in [0.15, 0.2) is 47.4 Å². The summed E-state index contributed by atoms with van der Waals surface area (Å²) >= 11 is 0. The number of nitrogens with zero attached hydrogens (tertiary/aromatic N) is 2. The van der Waals surface area contributed by atoms with E-state index in [0.29, 0.717) is 17.0 Å². The van der Waals surface area contributed by atoms with E-state index in [4.69, 9.17) is 9.84 Å². The number of nitro groups is 1. The van der Waals surface area contributed by atoms with Crippen LogP contribution in [0.3, 0.4) is 0 Å². The number of rotatable bonds is 3. The summed E-state index contributed by atoms with van der Waals surface area (Å²) in [5.41, 5.74) is -1.37. The van der Waals surface area contributed by atoms with Crippen molar-refractivity contribution in [2.24, 2.45) is 0 Å². The highest BCUT2D eigenvalue weighted by atomic mass is 16.6. The van der Waals surface area contributed by atoms with E-state index < -0.39 is 22.1 Å². The van der Waals surface area contributed by atoms with Gasteiger partial charge in [0.1, 0.15) is 16.9 Å². The molecule has 25 heavy (non-hydrogen) atoms. The fourth-order valence-corrected chi connectivity index (χ4v) is 2.69. The lowest BCUT2D eigenvalue weighted by molar-refractivity contribution is -0.384. The van der Waals surface area contributed by atoms with Crippen molar-refractivity contribution >= 4 is 17.4 Å². The molecule has 0 amide bonds. The van der Waals surface area contributed by atoms with Gasteiger partial charge in [0.2, 0.25) is 0 Å². The van der Waals surface area contributed by atoms with Crippen LogP contribution in [0.4, 0.5) is 5.69 Å². The Morgan fingerprint density at radius 1 is 1.32 bits per heavy atom. The third-order valence-corrected chi connectivity index (χ3v) is 3.74. The van der Waals surface area contributed by atoms with Crippen molar-refractivity contribution in [3.63, 3.8) is 0 Å². The van der Waals surface area contributed by atoms with Gasteiger partial charge in [0.15, 0.2) is 0 Å². The number of carboxylic acids is 1. The SMILES string of the molecule is CC1(C)C=C(n2cccc(C(=O)O)c2=O)c2cc([N+](=O)[O-])ccc2O1. The highest BCUT2D eigenvalue weighted by molar-refractivity contribution is 5.87. The molecule has 3 rings (SSSR count). The molecule has 1 aromatic carbocycles. The first-order chi connectivity index (χ1) is 11.7. The van der Waals surface area contributed by atoms with Crippen molar-refractivity contribution < 1.29 is 19.6 Å². The quantitative estimate of drug-likeness (QED) is 0.677. The van der Waals surface area contributed by atoms with E-state index in [1.165, 1.54) is 36.5 Å². The normalized spacial score (nSPS) is 14.9. The average molecular weight is 342 g/mol. The van der Waals surface area contributed by atoms with E-state index in [2.05, 4.69) is 0 Å². The van der Waals surface area contributed by atoms with E-state index in [1.54, 1.807) is 19.9 Å². The Bertz CT molecular complexity index is 987. The molecule has 8 heteroatoms. The Labute approximate surface area is 141 Å². The first kappa shape index (κ1) is 16.4. The molecule has 0 saturated heterocycles. The van der Waals surface area contributed by atoms with Gasteiger partial charge < -0.3 is 9.84 Å². The zero-order chi connectivity index (χ0) is 18.4. The number of benzene rings is 1. The van der Waals surface area contributed by atoms with Crippen LogP contribution in [0.1, 0.15) is 29.8 Å². The standard InChI is InChI=1S/C17H14N2O6/c1-17(2)9-13(18-7-3-4-11(15(18)20)16(21)22)12-8-10(19(23)24)5-6-14(12)25-17/h3-9H,1-2H3,(H,21,22). The van der Waals surface area contributed by atoms with Crippen molar-refractivity contribution in [2.75, 3.05) is 0 Å². The maximum absolute atomic E-state index is 12.5. The molecular weight excluding hydrogens is 328 g/mol. The number of aromatic nitrogens is 1. The van der Waals surface area contributed by atoms with Crippen molar-refractivity contribution in [1.82, 2.24) is 4.57 Å². The van der Waals surface area contributed by atoms with Crippen LogP contribution in [0.5, 0.6) is 5.75 Å². The third kappa shape index (κ3) is 2.89. The Balaban J connectivity index is 2.29. The number of hydrogen-bond donors (Lipinski definition) is 1. The van der Waals surface area contributed by atoms with Gasteiger partial charge >= 0.3 is 5.97 Å². The second kappa shape index (κ2) is 5.59. The van der Waals surface area contributed by atoms with Gasteiger partial charge in [-0.25, -0.2) is 4.79 Å². The first-order valence-corrected chi connectivity index (χ1v) is 7.35. The highest BCUT2D eigenvalue weighted by Crippen LogP contribution is 2.38. The van der Waals surface area contributed by atoms with E-state index in [-0.39, 0.29) is 11.3 Å². The minimum Gasteiger partial charge on any atom is -0.483 e. The Morgan fingerprint density at radius 2 is 2.04 bits per heavy atom. The van der Waals surface area contributed by atoms with Crippen LogP contribution >= 0.6 is 0 Å². The summed E-state index contributed by atoms with van der Waals surface area (Å²) in [5.74, 6) is -0.966. The fraction of sp³-hybridized carbons (Fsp3) is 0.176. The number of carbonyl (C=O) groups is 1. The first-order valence-electron chi connectivity index (χ1n) is 7.35. The average Bonchev–Trinajstić information content (AvgIpc) is 2.52. The summed E-state index contributed by atoms with van der Waals surface area (Å²) in [6.07, 6.45) is 3.05. The summed E-state index contributed by atoms with van der Waals surface area (Å²) in [6.45, 7) is 3.53. The van der Waals surface area contributed by atoms with E-state index in [1.807, 2.05) is 0 Å². The lowest BCUT2D eigenvalue weighted by atomic mass is 9.98. The number of fused-ring (bicyclic) bond motifs is 1. The molecule has 0 radical (unpaired) electrons. The number of pyridine rings is 1. The molecule has 0 atom stereocenters. The highest BCUT2D eigenvalue weighted by Gasteiger charge is 2.29. The van der Waals surface area contributed by atoms with Crippen molar-refractivity contribution in [3.05, 3.63) is 74.2 Å². The molecule has 0 aliphatic carbocycles. The number of ether oxygens (including phenoxy) is 1. The van der Waals surface area contributed by atoms with Gasteiger partial charge in [-0.2, -0.15) is 0 Å². The lowest BCUT2D eigenvalue weighted by Crippen LogP contribution is -2.33. The van der Waals surface area contributed by atoms with Gasteiger partial charge in [-0.1, -0.05) is 0 Å². The van der Waals surface area contributed by atoms with Gasteiger partial charge in [0.25, 0.3) is 11.2 Å². The number of non-ortho nitro benzene ring substituents is 1. The molecule has 2 heterocycles. The van der Waals surface area contributed by atoms with Crippen LogP contribution in [-0.4, -0.2) is 26.2 Å². The molecule has 0 bridgehead atoms. The Kier molecular flexibility index (Phi) is 3.67. The second-order valence-corrected chi connectivity index (χ2v) is 6.07. The lowest BCUT2D eigenvalue weighted by Gasteiger charge is -2.31. The summed E-state index contributed by atoms with van der Waals surface area (Å²) in [6, 6.07) is 6.73. The number of aromatic carboxylic acids is 1. The molecule has 0 spiro atoms. The Hall–Kier alpha value is -3.42. The van der Waals surface area contributed by atoms with Gasteiger partial charge in [-0.05, 0) is 38.1 Å². The van der Waals surface area contributed by atoms with E-state index in [9.17, 15) is 19.7 Å². The molecule has 1 aliphatic rings. The number of nitro benzene ring substituents is 1. The van der Waals surface area contributed by atoms with Gasteiger partial charge in [-0.15, -0.1) is 0 Å².